The Bertz CT molecular complexity index is 814. The van der Waals surface area contributed by atoms with E-state index in [1.54, 1.807) is 12.0 Å². The number of hydrogen-bond donors (Lipinski definition) is 1. The van der Waals surface area contributed by atoms with Crippen LogP contribution in [0.2, 0.25) is 0 Å². The molecule has 0 spiro atoms. The fourth-order valence-electron chi connectivity index (χ4n) is 5.65. The first kappa shape index (κ1) is 21.1. The first-order valence-corrected chi connectivity index (χ1v) is 11.2. The lowest BCUT2D eigenvalue weighted by Crippen LogP contribution is -2.50. The van der Waals surface area contributed by atoms with Gasteiger partial charge in [-0.1, -0.05) is 6.92 Å². The van der Waals surface area contributed by atoms with Gasteiger partial charge in [0.1, 0.15) is 0 Å². The van der Waals surface area contributed by atoms with E-state index in [0.29, 0.717) is 18.2 Å². The molecular formula is C23H34N4O3. The first-order valence-electron chi connectivity index (χ1n) is 11.2. The fraction of sp³-hybridized carbons (Fsp3) is 0.696. The highest BCUT2D eigenvalue weighted by Crippen LogP contribution is 2.42. The smallest absolute Gasteiger partial charge is 0.237 e. The third kappa shape index (κ3) is 3.92. The van der Waals surface area contributed by atoms with Gasteiger partial charge in [-0.25, -0.2) is 4.98 Å². The largest absolute Gasteiger partial charge is 0.481 e. The summed E-state index contributed by atoms with van der Waals surface area (Å²) in [5, 5.41) is 3.31. The van der Waals surface area contributed by atoms with Gasteiger partial charge in [0.05, 0.1) is 18.8 Å². The van der Waals surface area contributed by atoms with Gasteiger partial charge in [-0.3, -0.25) is 14.5 Å². The molecule has 1 aromatic rings. The van der Waals surface area contributed by atoms with Crippen LogP contribution in [0.25, 0.3) is 0 Å². The first-order chi connectivity index (χ1) is 14.4. The zero-order chi connectivity index (χ0) is 21.4. The Kier molecular flexibility index (Phi) is 6.00. The Morgan fingerprint density at radius 3 is 2.77 bits per heavy atom. The van der Waals surface area contributed by atoms with Gasteiger partial charge in [0.15, 0.2) is 0 Å². The van der Waals surface area contributed by atoms with E-state index >= 15 is 0 Å². The molecule has 0 radical (unpaired) electrons. The predicted molar refractivity (Wildman–Crippen MR) is 115 cm³/mol. The van der Waals surface area contributed by atoms with Gasteiger partial charge in [0.2, 0.25) is 17.7 Å². The zero-order valence-electron chi connectivity index (χ0n) is 18.6. The Morgan fingerprint density at radius 2 is 2.07 bits per heavy atom. The molecule has 1 saturated carbocycles. The van der Waals surface area contributed by atoms with Crippen LogP contribution in [0.5, 0.6) is 5.88 Å². The number of carbonyl (C=O) groups excluding carboxylic acids is 2. The summed E-state index contributed by atoms with van der Waals surface area (Å²) in [5.41, 5.74) is 1.98. The van der Waals surface area contributed by atoms with E-state index in [9.17, 15) is 9.59 Å². The van der Waals surface area contributed by atoms with Crippen molar-refractivity contribution in [3.8, 4) is 5.88 Å². The van der Waals surface area contributed by atoms with Crippen LogP contribution in [0.4, 0.5) is 5.69 Å². The molecule has 2 amide bonds. The molecule has 2 fully saturated rings. The molecule has 1 saturated heterocycles. The number of aromatic nitrogens is 1. The maximum absolute atomic E-state index is 13.3. The molecule has 4 rings (SSSR count). The van der Waals surface area contributed by atoms with E-state index in [0.717, 1.165) is 49.9 Å². The van der Waals surface area contributed by atoms with Crippen molar-refractivity contribution in [1.82, 2.24) is 15.2 Å². The molecule has 30 heavy (non-hydrogen) atoms. The number of rotatable bonds is 4. The molecule has 2 aliphatic heterocycles. The molecule has 164 valence electrons. The summed E-state index contributed by atoms with van der Waals surface area (Å²) in [6.07, 6.45) is 7.47. The summed E-state index contributed by atoms with van der Waals surface area (Å²) in [6, 6.07) is 1.99. The van der Waals surface area contributed by atoms with Crippen LogP contribution in [-0.2, 0) is 16.0 Å². The SMILES string of the molecule is COc1cc2c(cn1)CC(C1CC(NC(=O)C3CCCN3C)CCC1C)C(=O)N2C. The number of fused-ring (bicyclic) bond motifs is 1. The standard InChI is InChI=1S/C23H34N4O3/c1-14-7-8-16(25-22(28)19-6-5-9-26(19)2)11-17(14)18-10-15-13-24-21(30-4)12-20(15)27(3)23(18)29/h12-14,16-19H,5-11H2,1-4H3,(H,25,28). The van der Waals surface area contributed by atoms with Gasteiger partial charge in [-0.05, 0) is 69.5 Å². The average molecular weight is 415 g/mol. The molecular weight excluding hydrogens is 380 g/mol. The van der Waals surface area contributed by atoms with Crippen molar-refractivity contribution >= 4 is 17.5 Å². The third-order valence-corrected chi connectivity index (χ3v) is 7.54. The van der Waals surface area contributed by atoms with E-state index in [-0.39, 0.29) is 35.7 Å². The number of likely N-dealkylation sites (N-methyl/N-ethyl adjacent to an activating group) is 1. The third-order valence-electron chi connectivity index (χ3n) is 7.54. The number of nitrogens with zero attached hydrogens (tertiary/aromatic N) is 3. The van der Waals surface area contributed by atoms with Crippen molar-refractivity contribution in [3.05, 3.63) is 17.8 Å². The summed E-state index contributed by atoms with van der Waals surface area (Å²) >= 11 is 0. The van der Waals surface area contributed by atoms with Gasteiger partial charge in [0, 0.05) is 31.3 Å². The highest BCUT2D eigenvalue weighted by Gasteiger charge is 2.42. The molecule has 1 N–H and O–H groups in total. The molecule has 0 aromatic carbocycles. The highest BCUT2D eigenvalue weighted by molar-refractivity contribution is 5.98. The monoisotopic (exact) mass is 414 g/mol. The summed E-state index contributed by atoms with van der Waals surface area (Å²) in [5.74, 6) is 1.49. The van der Waals surface area contributed by atoms with Gasteiger partial charge in [-0.15, -0.1) is 0 Å². The van der Waals surface area contributed by atoms with E-state index in [1.165, 1.54) is 0 Å². The van der Waals surface area contributed by atoms with E-state index in [1.807, 2.05) is 26.4 Å². The number of anilines is 1. The fourth-order valence-corrected chi connectivity index (χ4v) is 5.65. The van der Waals surface area contributed by atoms with Gasteiger partial charge >= 0.3 is 0 Å². The number of amides is 2. The van der Waals surface area contributed by atoms with Crippen LogP contribution in [0.3, 0.4) is 0 Å². The molecule has 7 heteroatoms. The van der Waals surface area contributed by atoms with Crippen molar-refractivity contribution < 1.29 is 14.3 Å². The number of pyridine rings is 1. The van der Waals surface area contributed by atoms with Gasteiger partial charge in [-0.2, -0.15) is 0 Å². The minimum Gasteiger partial charge on any atom is -0.481 e. The number of ether oxygens (including phenoxy) is 1. The molecule has 3 aliphatic rings. The summed E-state index contributed by atoms with van der Waals surface area (Å²) < 4.78 is 5.23. The Morgan fingerprint density at radius 1 is 1.27 bits per heavy atom. The molecule has 0 bridgehead atoms. The molecule has 1 aromatic heterocycles. The normalized spacial score (nSPS) is 32.1. The maximum atomic E-state index is 13.3. The van der Waals surface area contributed by atoms with Crippen LogP contribution in [0.1, 0.15) is 44.6 Å². The number of hydrogen-bond acceptors (Lipinski definition) is 5. The van der Waals surface area contributed by atoms with E-state index < -0.39 is 0 Å². The molecule has 1 aliphatic carbocycles. The summed E-state index contributed by atoms with van der Waals surface area (Å²) in [6.45, 7) is 3.24. The Balaban J connectivity index is 1.48. The number of nitrogens with one attached hydrogen (secondary N) is 1. The van der Waals surface area contributed by atoms with Crippen LogP contribution >= 0.6 is 0 Å². The number of carbonyl (C=O) groups is 2. The topological polar surface area (TPSA) is 74.8 Å². The number of methoxy groups -OCH3 is 1. The minimum atomic E-state index is -0.0680. The second-order valence-electron chi connectivity index (χ2n) is 9.36. The van der Waals surface area contributed by atoms with E-state index in [2.05, 4.69) is 22.1 Å². The molecule has 7 nitrogen and oxygen atoms in total. The summed E-state index contributed by atoms with van der Waals surface area (Å²) in [7, 11) is 5.46. The van der Waals surface area contributed by atoms with Gasteiger partial charge in [0.25, 0.3) is 0 Å². The lowest BCUT2D eigenvalue weighted by atomic mass is 9.68. The molecule has 3 heterocycles. The van der Waals surface area contributed by atoms with Crippen molar-refractivity contribution in [1.29, 1.82) is 0 Å². The quantitative estimate of drug-likeness (QED) is 0.818. The lowest BCUT2D eigenvalue weighted by molar-refractivity contribution is -0.127. The van der Waals surface area contributed by atoms with Crippen LogP contribution in [-0.4, -0.2) is 61.5 Å². The second-order valence-corrected chi connectivity index (χ2v) is 9.36. The molecule has 5 unspecified atom stereocenters. The average Bonchev–Trinajstić information content (AvgIpc) is 3.18. The Hall–Kier alpha value is -2.15. The Labute approximate surface area is 179 Å². The van der Waals surface area contributed by atoms with Crippen molar-refractivity contribution in [2.24, 2.45) is 17.8 Å². The lowest BCUT2D eigenvalue weighted by Gasteiger charge is -2.42. The molecule has 5 atom stereocenters. The van der Waals surface area contributed by atoms with Crippen LogP contribution in [0, 0.1) is 17.8 Å². The van der Waals surface area contributed by atoms with Crippen molar-refractivity contribution in [2.45, 2.75) is 57.5 Å². The van der Waals surface area contributed by atoms with Crippen LogP contribution in [0.15, 0.2) is 12.3 Å². The summed E-state index contributed by atoms with van der Waals surface area (Å²) in [4.78, 5) is 34.3. The second kappa shape index (κ2) is 8.53. The maximum Gasteiger partial charge on any atom is 0.237 e. The van der Waals surface area contributed by atoms with E-state index in [4.69, 9.17) is 4.74 Å². The van der Waals surface area contributed by atoms with Crippen molar-refractivity contribution in [2.75, 3.05) is 32.6 Å². The predicted octanol–water partition coefficient (Wildman–Crippen LogP) is 2.24. The minimum absolute atomic E-state index is 0.00169. The van der Waals surface area contributed by atoms with Gasteiger partial charge < -0.3 is 15.0 Å². The zero-order valence-corrected chi connectivity index (χ0v) is 18.6. The van der Waals surface area contributed by atoms with Crippen LogP contribution < -0.4 is 15.0 Å². The highest BCUT2D eigenvalue weighted by atomic mass is 16.5. The van der Waals surface area contributed by atoms with Crippen molar-refractivity contribution in [3.63, 3.8) is 0 Å². The number of likely N-dealkylation sites (tertiary alicyclic amines) is 1.